The second-order valence-electron chi connectivity index (χ2n) is 5.69. The zero-order chi connectivity index (χ0) is 15.5. The van der Waals surface area contributed by atoms with Gasteiger partial charge in [0.05, 0.1) is 18.3 Å². The van der Waals surface area contributed by atoms with Crippen molar-refractivity contribution in [3.8, 4) is 0 Å². The van der Waals surface area contributed by atoms with Gasteiger partial charge in [-0.1, -0.05) is 5.16 Å². The molecule has 0 spiro atoms. The lowest BCUT2D eigenvalue weighted by Crippen LogP contribution is -2.47. The van der Waals surface area contributed by atoms with Crippen LogP contribution in [0.4, 0.5) is 0 Å². The minimum atomic E-state index is -0.0754. The third-order valence-corrected chi connectivity index (χ3v) is 3.74. The highest BCUT2D eigenvalue weighted by Crippen LogP contribution is 2.13. The Morgan fingerprint density at radius 2 is 2.41 bits per heavy atom. The third kappa shape index (κ3) is 3.51. The van der Waals surface area contributed by atoms with Crippen molar-refractivity contribution in [2.45, 2.75) is 32.4 Å². The molecular weight excluding hydrogens is 284 g/mol. The summed E-state index contributed by atoms with van der Waals surface area (Å²) >= 11 is 0. The summed E-state index contributed by atoms with van der Waals surface area (Å²) in [6.45, 7) is 4.19. The number of amides is 1. The van der Waals surface area contributed by atoms with E-state index in [9.17, 15) is 4.79 Å². The van der Waals surface area contributed by atoms with Gasteiger partial charge >= 0.3 is 0 Å². The van der Waals surface area contributed by atoms with Gasteiger partial charge in [-0.05, 0) is 26.3 Å². The Labute approximate surface area is 128 Å². The number of likely N-dealkylation sites (tertiary alicyclic amines) is 1. The van der Waals surface area contributed by atoms with Gasteiger partial charge < -0.3 is 9.84 Å². The standard InChI is InChI=1S/C14H20N6O2/c1-10-16-13(22-18-10)9-20-5-3-4-12(8-20)17-14(21)11-6-15-19(2)7-11/h6-7,12H,3-5,8-9H2,1-2H3,(H,17,21). The van der Waals surface area contributed by atoms with Crippen molar-refractivity contribution >= 4 is 5.91 Å². The molecule has 118 valence electrons. The van der Waals surface area contributed by atoms with Gasteiger partial charge in [0.25, 0.3) is 5.91 Å². The second kappa shape index (κ2) is 6.27. The van der Waals surface area contributed by atoms with Crippen molar-refractivity contribution in [2.24, 2.45) is 7.05 Å². The molecule has 0 aromatic carbocycles. The molecule has 1 N–H and O–H groups in total. The van der Waals surface area contributed by atoms with E-state index in [1.54, 1.807) is 31.0 Å². The van der Waals surface area contributed by atoms with Crippen LogP contribution in [0.25, 0.3) is 0 Å². The van der Waals surface area contributed by atoms with Crippen LogP contribution in [-0.2, 0) is 13.6 Å². The second-order valence-corrected chi connectivity index (χ2v) is 5.69. The first kappa shape index (κ1) is 14.7. The number of aryl methyl sites for hydroxylation is 2. The molecule has 8 heteroatoms. The van der Waals surface area contributed by atoms with Crippen LogP contribution in [-0.4, -0.2) is 49.9 Å². The van der Waals surface area contributed by atoms with Crippen LogP contribution in [0.3, 0.4) is 0 Å². The van der Waals surface area contributed by atoms with E-state index in [0.717, 1.165) is 25.9 Å². The van der Waals surface area contributed by atoms with Crippen LogP contribution in [0.15, 0.2) is 16.9 Å². The maximum absolute atomic E-state index is 12.2. The van der Waals surface area contributed by atoms with Gasteiger partial charge in [-0.2, -0.15) is 10.1 Å². The number of nitrogens with one attached hydrogen (secondary N) is 1. The molecule has 3 heterocycles. The van der Waals surface area contributed by atoms with Crippen molar-refractivity contribution in [3.05, 3.63) is 29.7 Å². The zero-order valence-corrected chi connectivity index (χ0v) is 12.8. The zero-order valence-electron chi connectivity index (χ0n) is 12.8. The van der Waals surface area contributed by atoms with Gasteiger partial charge in [-0.3, -0.25) is 14.4 Å². The lowest BCUT2D eigenvalue weighted by molar-refractivity contribution is 0.0895. The lowest BCUT2D eigenvalue weighted by atomic mass is 10.1. The van der Waals surface area contributed by atoms with E-state index < -0.39 is 0 Å². The molecule has 0 aliphatic carbocycles. The summed E-state index contributed by atoms with van der Waals surface area (Å²) in [4.78, 5) is 18.6. The van der Waals surface area contributed by atoms with E-state index in [-0.39, 0.29) is 11.9 Å². The predicted octanol–water partition coefficient (Wildman–Crippen LogP) is 0.506. The first-order chi connectivity index (χ1) is 10.6. The van der Waals surface area contributed by atoms with Gasteiger partial charge in [-0.25, -0.2) is 0 Å². The highest BCUT2D eigenvalue weighted by molar-refractivity contribution is 5.93. The topological polar surface area (TPSA) is 89.1 Å². The van der Waals surface area contributed by atoms with Crippen molar-refractivity contribution in [1.82, 2.24) is 30.1 Å². The lowest BCUT2D eigenvalue weighted by Gasteiger charge is -2.32. The van der Waals surface area contributed by atoms with Crippen LogP contribution in [0.2, 0.25) is 0 Å². The molecule has 1 fully saturated rings. The fourth-order valence-electron chi connectivity index (χ4n) is 2.72. The van der Waals surface area contributed by atoms with E-state index in [1.807, 2.05) is 0 Å². The van der Waals surface area contributed by atoms with E-state index in [4.69, 9.17) is 4.52 Å². The van der Waals surface area contributed by atoms with Gasteiger partial charge in [-0.15, -0.1) is 0 Å². The molecule has 0 bridgehead atoms. The van der Waals surface area contributed by atoms with Crippen LogP contribution >= 0.6 is 0 Å². The van der Waals surface area contributed by atoms with Crippen LogP contribution < -0.4 is 5.32 Å². The molecule has 1 saturated heterocycles. The molecule has 8 nitrogen and oxygen atoms in total. The number of carbonyl (C=O) groups excluding carboxylic acids is 1. The first-order valence-electron chi connectivity index (χ1n) is 7.41. The molecular formula is C14H20N6O2. The van der Waals surface area contributed by atoms with E-state index in [0.29, 0.717) is 23.8 Å². The van der Waals surface area contributed by atoms with E-state index in [1.165, 1.54) is 0 Å². The number of nitrogens with zero attached hydrogens (tertiary/aromatic N) is 5. The first-order valence-corrected chi connectivity index (χ1v) is 7.41. The SMILES string of the molecule is Cc1noc(CN2CCCC(NC(=O)c3cnn(C)c3)C2)n1. The van der Waals surface area contributed by atoms with Crippen molar-refractivity contribution < 1.29 is 9.32 Å². The van der Waals surface area contributed by atoms with Gasteiger partial charge in [0.2, 0.25) is 5.89 Å². The molecule has 1 amide bonds. The quantitative estimate of drug-likeness (QED) is 0.885. The van der Waals surface area contributed by atoms with E-state index >= 15 is 0 Å². The summed E-state index contributed by atoms with van der Waals surface area (Å²) in [5.74, 6) is 1.19. The number of hydrogen-bond acceptors (Lipinski definition) is 6. The smallest absolute Gasteiger partial charge is 0.254 e. The number of carbonyl (C=O) groups is 1. The Balaban J connectivity index is 1.55. The average molecular weight is 304 g/mol. The summed E-state index contributed by atoms with van der Waals surface area (Å²) in [6.07, 6.45) is 5.31. The Morgan fingerprint density at radius 1 is 1.55 bits per heavy atom. The molecule has 0 saturated carbocycles. The summed E-state index contributed by atoms with van der Waals surface area (Å²) in [5, 5.41) is 10.9. The van der Waals surface area contributed by atoms with Crippen LogP contribution in [0, 0.1) is 6.92 Å². The molecule has 1 unspecified atom stereocenters. The number of aromatic nitrogens is 4. The van der Waals surface area contributed by atoms with Crippen molar-refractivity contribution in [1.29, 1.82) is 0 Å². The van der Waals surface area contributed by atoms with Crippen LogP contribution in [0.1, 0.15) is 34.9 Å². The van der Waals surface area contributed by atoms with Crippen molar-refractivity contribution in [3.63, 3.8) is 0 Å². The largest absolute Gasteiger partial charge is 0.348 e. The molecule has 0 radical (unpaired) electrons. The summed E-state index contributed by atoms with van der Waals surface area (Å²) in [7, 11) is 1.80. The van der Waals surface area contributed by atoms with Crippen LogP contribution in [0.5, 0.6) is 0 Å². The number of piperidine rings is 1. The Hall–Kier alpha value is -2.22. The average Bonchev–Trinajstić information content (AvgIpc) is 3.08. The maximum atomic E-state index is 12.2. The minimum absolute atomic E-state index is 0.0754. The predicted molar refractivity (Wildman–Crippen MR) is 78.0 cm³/mol. The number of hydrogen-bond donors (Lipinski definition) is 1. The highest BCUT2D eigenvalue weighted by atomic mass is 16.5. The molecule has 3 rings (SSSR count). The summed E-state index contributed by atoms with van der Waals surface area (Å²) in [5.41, 5.74) is 0.590. The monoisotopic (exact) mass is 304 g/mol. The Bertz CT molecular complexity index is 649. The van der Waals surface area contributed by atoms with Gasteiger partial charge in [0, 0.05) is 25.8 Å². The Kier molecular flexibility index (Phi) is 4.19. The van der Waals surface area contributed by atoms with Crippen molar-refractivity contribution in [2.75, 3.05) is 13.1 Å². The molecule has 1 aliphatic rings. The summed E-state index contributed by atoms with van der Waals surface area (Å²) in [6, 6.07) is 0.130. The fraction of sp³-hybridized carbons (Fsp3) is 0.571. The minimum Gasteiger partial charge on any atom is -0.348 e. The molecule has 2 aromatic heterocycles. The molecule has 1 aliphatic heterocycles. The Morgan fingerprint density at radius 3 is 3.09 bits per heavy atom. The summed E-state index contributed by atoms with van der Waals surface area (Å²) < 4.78 is 6.78. The molecule has 2 aromatic rings. The third-order valence-electron chi connectivity index (χ3n) is 3.74. The van der Waals surface area contributed by atoms with E-state index in [2.05, 4.69) is 25.5 Å². The molecule has 1 atom stereocenters. The van der Waals surface area contributed by atoms with Gasteiger partial charge in [0.15, 0.2) is 5.82 Å². The normalized spacial score (nSPS) is 19.3. The molecule has 22 heavy (non-hydrogen) atoms. The van der Waals surface area contributed by atoms with Gasteiger partial charge in [0.1, 0.15) is 0 Å². The maximum Gasteiger partial charge on any atom is 0.254 e. The fourth-order valence-corrected chi connectivity index (χ4v) is 2.72. The number of rotatable bonds is 4. The highest BCUT2D eigenvalue weighted by Gasteiger charge is 2.23.